The van der Waals surface area contributed by atoms with Gasteiger partial charge in [0, 0.05) is 48.1 Å². The van der Waals surface area contributed by atoms with Gasteiger partial charge >= 0.3 is 0 Å². The SMILES string of the molecule is Cc1cc2c(nc(C)n2C)c(Cl)c1-c1cccn2c(C(=O)c3cc(F)c(NC(=O)/C=C/CNC(C)(C)C)c(F)c3)ccc12. The van der Waals surface area contributed by atoms with Crippen molar-refractivity contribution >= 4 is 45.5 Å². The molecule has 3 heterocycles. The third-order valence-corrected chi connectivity index (χ3v) is 7.67. The van der Waals surface area contributed by atoms with Crippen LogP contribution in [-0.2, 0) is 11.8 Å². The van der Waals surface area contributed by atoms with Crippen LogP contribution in [0.15, 0.2) is 60.8 Å². The smallest absolute Gasteiger partial charge is 0.248 e. The third kappa shape index (κ3) is 5.83. The molecule has 0 radical (unpaired) electrons. The minimum atomic E-state index is -1.05. The molecule has 222 valence electrons. The maximum Gasteiger partial charge on any atom is 0.248 e. The third-order valence-electron chi connectivity index (χ3n) is 7.30. The summed E-state index contributed by atoms with van der Waals surface area (Å²) in [7, 11) is 1.93. The fourth-order valence-electron chi connectivity index (χ4n) is 5.06. The van der Waals surface area contributed by atoms with Gasteiger partial charge < -0.3 is 19.6 Å². The van der Waals surface area contributed by atoms with Gasteiger partial charge in [-0.15, -0.1) is 0 Å². The maximum atomic E-state index is 15.0. The zero-order chi connectivity index (χ0) is 31.2. The largest absolute Gasteiger partial charge is 0.331 e. The summed E-state index contributed by atoms with van der Waals surface area (Å²) in [5.74, 6) is -2.55. The number of nitrogens with one attached hydrogen (secondary N) is 2. The molecule has 3 aromatic heterocycles. The summed E-state index contributed by atoms with van der Waals surface area (Å²) >= 11 is 6.90. The fourth-order valence-corrected chi connectivity index (χ4v) is 5.45. The van der Waals surface area contributed by atoms with Crippen LogP contribution in [0.3, 0.4) is 0 Å². The summed E-state index contributed by atoms with van der Waals surface area (Å²) in [6.45, 7) is 10.2. The van der Waals surface area contributed by atoms with Crippen LogP contribution in [0.25, 0.3) is 27.7 Å². The minimum absolute atomic E-state index is 0.145. The van der Waals surface area contributed by atoms with Crippen molar-refractivity contribution < 1.29 is 18.4 Å². The van der Waals surface area contributed by atoms with Crippen molar-refractivity contribution in [3.63, 3.8) is 0 Å². The summed E-state index contributed by atoms with van der Waals surface area (Å²) < 4.78 is 33.6. The number of benzene rings is 2. The average molecular weight is 604 g/mol. The molecule has 0 saturated carbocycles. The van der Waals surface area contributed by atoms with Gasteiger partial charge in [-0.3, -0.25) is 9.59 Å². The highest BCUT2D eigenvalue weighted by molar-refractivity contribution is 6.38. The molecule has 0 unspecified atom stereocenters. The normalized spacial score (nSPS) is 12.1. The van der Waals surface area contributed by atoms with E-state index in [1.807, 2.05) is 58.4 Å². The van der Waals surface area contributed by atoms with Gasteiger partial charge in [-0.05, 0) is 76.6 Å². The summed E-state index contributed by atoms with van der Waals surface area (Å²) in [6, 6.07) is 10.9. The Balaban J connectivity index is 1.45. The van der Waals surface area contributed by atoms with Crippen LogP contribution in [-0.4, -0.2) is 37.7 Å². The summed E-state index contributed by atoms with van der Waals surface area (Å²) in [5, 5.41) is 5.90. The first-order valence-electron chi connectivity index (χ1n) is 13.8. The van der Waals surface area contributed by atoms with Gasteiger partial charge in [0.15, 0.2) is 0 Å². The Morgan fingerprint density at radius 2 is 1.74 bits per heavy atom. The summed E-state index contributed by atoms with van der Waals surface area (Å²) in [6.07, 6.45) is 4.47. The van der Waals surface area contributed by atoms with E-state index in [4.69, 9.17) is 11.6 Å². The molecule has 5 rings (SSSR count). The van der Waals surface area contributed by atoms with E-state index in [-0.39, 0.29) is 16.8 Å². The number of rotatable bonds is 7. The zero-order valence-corrected chi connectivity index (χ0v) is 25.5. The molecule has 43 heavy (non-hydrogen) atoms. The number of hydrogen-bond donors (Lipinski definition) is 2. The molecule has 0 aliphatic carbocycles. The van der Waals surface area contributed by atoms with Gasteiger partial charge in [-0.1, -0.05) is 23.7 Å². The Morgan fingerprint density at radius 1 is 1.05 bits per heavy atom. The lowest BCUT2D eigenvalue weighted by molar-refractivity contribution is -0.112. The lowest BCUT2D eigenvalue weighted by atomic mass is 9.99. The van der Waals surface area contributed by atoms with E-state index >= 15 is 0 Å². The number of anilines is 1. The topological polar surface area (TPSA) is 80.4 Å². The van der Waals surface area contributed by atoms with Gasteiger partial charge in [-0.2, -0.15) is 0 Å². The number of fused-ring (bicyclic) bond motifs is 2. The van der Waals surface area contributed by atoms with E-state index in [0.29, 0.717) is 22.6 Å². The van der Waals surface area contributed by atoms with Crippen LogP contribution >= 0.6 is 11.6 Å². The number of ketones is 1. The number of carbonyl (C=O) groups excluding carboxylic acids is 2. The van der Waals surface area contributed by atoms with Gasteiger partial charge in [0.05, 0.1) is 21.7 Å². The second-order valence-electron chi connectivity index (χ2n) is 11.5. The standard InChI is InChI=1S/C33H32ClF2N5O2/c1-18-15-26-31(38-19(2)40(26)6)29(34)28(18)21-9-8-14-41-24(21)11-12-25(41)32(43)20-16-22(35)30(23(36)17-20)39-27(42)10-7-13-37-33(3,4)5/h7-12,14-17,37H,13H2,1-6H3,(H,39,42)/b10-7+. The van der Waals surface area contributed by atoms with Crippen molar-refractivity contribution in [1.29, 1.82) is 0 Å². The maximum absolute atomic E-state index is 15.0. The predicted octanol–water partition coefficient (Wildman–Crippen LogP) is 7.16. The van der Waals surface area contributed by atoms with Gasteiger partial charge in [0.1, 0.15) is 28.7 Å². The first kappa shape index (κ1) is 30.1. The number of amides is 1. The number of pyridine rings is 1. The van der Waals surface area contributed by atoms with Crippen molar-refractivity contribution in [3.05, 3.63) is 100 Å². The Hall–Kier alpha value is -4.34. The second-order valence-corrected chi connectivity index (χ2v) is 11.9. The number of aromatic nitrogens is 3. The second kappa shape index (κ2) is 11.4. The molecule has 0 atom stereocenters. The van der Waals surface area contributed by atoms with E-state index in [2.05, 4.69) is 15.6 Å². The Kier molecular flexibility index (Phi) is 7.98. The first-order chi connectivity index (χ1) is 20.3. The lowest BCUT2D eigenvalue weighted by Gasteiger charge is -2.18. The van der Waals surface area contributed by atoms with Crippen molar-refractivity contribution in [3.8, 4) is 11.1 Å². The molecule has 0 bridgehead atoms. The van der Waals surface area contributed by atoms with Crippen LogP contribution < -0.4 is 10.6 Å². The average Bonchev–Trinajstić information content (AvgIpc) is 3.49. The number of nitrogens with zero attached hydrogens (tertiary/aromatic N) is 3. The highest BCUT2D eigenvalue weighted by Crippen LogP contribution is 2.39. The van der Waals surface area contributed by atoms with Gasteiger partial charge in [0.2, 0.25) is 11.7 Å². The van der Waals surface area contributed by atoms with Crippen molar-refractivity contribution in [2.24, 2.45) is 7.05 Å². The highest BCUT2D eigenvalue weighted by Gasteiger charge is 2.22. The van der Waals surface area contributed by atoms with Gasteiger partial charge in [0.25, 0.3) is 0 Å². The molecule has 2 aromatic carbocycles. The monoisotopic (exact) mass is 603 g/mol. The number of carbonyl (C=O) groups is 2. The zero-order valence-electron chi connectivity index (χ0n) is 24.8. The first-order valence-corrected chi connectivity index (χ1v) is 14.1. The molecule has 0 aliphatic heterocycles. The fraction of sp³-hybridized carbons (Fsp3) is 0.242. The Labute approximate surface area is 253 Å². The van der Waals surface area contributed by atoms with Crippen LogP contribution in [0, 0.1) is 25.5 Å². The van der Waals surface area contributed by atoms with E-state index in [0.717, 1.165) is 40.2 Å². The molecular weight excluding hydrogens is 572 g/mol. The van der Waals surface area contributed by atoms with E-state index in [9.17, 15) is 18.4 Å². The highest BCUT2D eigenvalue weighted by atomic mass is 35.5. The van der Waals surface area contributed by atoms with Crippen LogP contribution in [0.1, 0.15) is 48.2 Å². The molecule has 1 amide bonds. The number of hydrogen-bond acceptors (Lipinski definition) is 4. The molecule has 0 aliphatic rings. The summed E-state index contributed by atoms with van der Waals surface area (Å²) in [4.78, 5) is 30.4. The molecule has 7 nitrogen and oxygen atoms in total. The van der Waals surface area contributed by atoms with Crippen molar-refractivity contribution in [1.82, 2.24) is 19.3 Å². The van der Waals surface area contributed by atoms with Crippen LogP contribution in [0.5, 0.6) is 0 Å². The Bertz CT molecular complexity index is 1930. The van der Waals surface area contributed by atoms with Gasteiger partial charge in [-0.25, -0.2) is 13.8 Å². The van der Waals surface area contributed by atoms with E-state index in [1.54, 1.807) is 34.9 Å². The number of halogens is 3. The summed E-state index contributed by atoms with van der Waals surface area (Å²) in [5.41, 5.74) is 4.06. The molecule has 0 spiro atoms. The molecule has 0 saturated heterocycles. The van der Waals surface area contributed by atoms with E-state index in [1.165, 1.54) is 6.08 Å². The molecule has 0 fully saturated rings. The lowest BCUT2D eigenvalue weighted by Crippen LogP contribution is -2.35. The van der Waals surface area contributed by atoms with Crippen LogP contribution in [0.4, 0.5) is 14.5 Å². The minimum Gasteiger partial charge on any atom is -0.331 e. The van der Waals surface area contributed by atoms with Crippen LogP contribution in [0.2, 0.25) is 5.02 Å². The molecule has 5 aromatic rings. The molecular formula is C33H32ClF2N5O2. The van der Waals surface area contributed by atoms with E-state index < -0.39 is 29.0 Å². The molecule has 2 N–H and O–H groups in total. The molecule has 10 heteroatoms. The quantitative estimate of drug-likeness (QED) is 0.153. The van der Waals surface area contributed by atoms with Crippen molar-refractivity contribution in [2.45, 2.75) is 40.2 Å². The Morgan fingerprint density at radius 3 is 2.42 bits per heavy atom. The number of imidazole rings is 1. The van der Waals surface area contributed by atoms with Crippen molar-refractivity contribution in [2.75, 3.05) is 11.9 Å². The number of aryl methyl sites for hydroxylation is 3. The predicted molar refractivity (Wildman–Crippen MR) is 167 cm³/mol.